The molecule has 0 saturated heterocycles. The van der Waals surface area contributed by atoms with Crippen molar-refractivity contribution in [3.8, 4) is 0 Å². The minimum absolute atomic E-state index is 0.0119. The van der Waals surface area contributed by atoms with E-state index < -0.39 is 9.84 Å². The largest absolute Gasteiger partial charge is 0.396 e. The van der Waals surface area contributed by atoms with Crippen LogP contribution in [0.3, 0.4) is 0 Å². The van der Waals surface area contributed by atoms with Gasteiger partial charge in [0.25, 0.3) is 0 Å². The topological polar surface area (TPSA) is 54.4 Å². The zero-order chi connectivity index (χ0) is 13.6. The van der Waals surface area contributed by atoms with Crippen LogP contribution < -0.4 is 0 Å². The van der Waals surface area contributed by atoms with Gasteiger partial charge in [-0.1, -0.05) is 39.0 Å². The fourth-order valence-corrected chi connectivity index (χ4v) is 4.75. The van der Waals surface area contributed by atoms with Crippen LogP contribution in [0.15, 0.2) is 29.2 Å². The summed E-state index contributed by atoms with van der Waals surface area (Å²) in [5.41, 5.74) is 0.748. The number of fused-ring (bicyclic) bond motifs is 1. The third-order valence-electron chi connectivity index (χ3n) is 3.85. The monoisotopic (exact) mass is 268 g/mol. The van der Waals surface area contributed by atoms with Crippen molar-refractivity contribution in [1.82, 2.24) is 0 Å². The molecule has 0 fully saturated rings. The highest BCUT2D eigenvalue weighted by atomic mass is 32.2. The average Bonchev–Trinajstić information content (AvgIpc) is 2.51. The molecule has 1 aliphatic rings. The number of benzene rings is 1. The highest BCUT2D eigenvalue weighted by Gasteiger charge is 2.42. The van der Waals surface area contributed by atoms with E-state index in [4.69, 9.17) is 0 Å². The van der Waals surface area contributed by atoms with Gasteiger partial charge in [-0.15, -0.1) is 0 Å². The van der Waals surface area contributed by atoms with Crippen LogP contribution in [0.4, 0.5) is 0 Å². The minimum Gasteiger partial charge on any atom is -0.396 e. The van der Waals surface area contributed by atoms with Crippen molar-refractivity contribution >= 4 is 9.84 Å². The summed E-state index contributed by atoms with van der Waals surface area (Å²) in [5, 5.41) is 9.62. The van der Waals surface area contributed by atoms with E-state index in [0.29, 0.717) is 4.90 Å². The third kappa shape index (κ3) is 2.19. The lowest BCUT2D eigenvalue weighted by Gasteiger charge is -2.33. The second kappa shape index (κ2) is 4.35. The highest BCUT2D eigenvalue weighted by molar-refractivity contribution is 7.91. The van der Waals surface area contributed by atoms with Crippen LogP contribution in [0.1, 0.15) is 32.3 Å². The van der Waals surface area contributed by atoms with Crippen LogP contribution in [-0.2, 0) is 9.84 Å². The molecule has 2 atom stereocenters. The van der Waals surface area contributed by atoms with Crippen LogP contribution in [-0.4, -0.2) is 25.9 Å². The van der Waals surface area contributed by atoms with E-state index in [2.05, 4.69) is 0 Å². The summed E-state index contributed by atoms with van der Waals surface area (Å²) in [6, 6.07) is 7.16. The summed E-state index contributed by atoms with van der Waals surface area (Å²) in [6.07, 6.45) is 0. The van der Waals surface area contributed by atoms with E-state index in [1.807, 2.05) is 32.9 Å². The van der Waals surface area contributed by atoms with E-state index in [9.17, 15) is 13.5 Å². The summed E-state index contributed by atoms with van der Waals surface area (Å²) in [5.74, 6) is -0.0263. The van der Waals surface area contributed by atoms with E-state index >= 15 is 0 Å². The minimum atomic E-state index is -3.18. The number of aliphatic hydroxyl groups excluding tert-OH is 1. The number of rotatable bonds is 2. The van der Waals surface area contributed by atoms with Gasteiger partial charge in [0.05, 0.1) is 10.6 Å². The molecule has 100 valence electrons. The van der Waals surface area contributed by atoms with Crippen LogP contribution in [0, 0.1) is 11.3 Å². The fourth-order valence-electron chi connectivity index (χ4n) is 2.82. The quantitative estimate of drug-likeness (QED) is 0.894. The smallest absolute Gasteiger partial charge is 0.179 e. The molecule has 18 heavy (non-hydrogen) atoms. The summed E-state index contributed by atoms with van der Waals surface area (Å²) >= 11 is 0. The molecule has 3 nitrogen and oxygen atoms in total. The Morgan fingerprint density at radius 1 is 1.33 bits per heavy atom. The Labute approximate surface area is 109 Å². The predicted octanol–water partition coefficient (Wildman–Crippen LogP) is 2.21. The molecule has 0 bridgehead atoms. The molecule has 0 radical (unpaired) electrons. The van der Waals surface area contributed by atoms with Gasteiger partial charge in [-0.25, -0.2) is 8.42 Å². The lowest BCUT2D eigenvalue weighted by Crippen LogP contribution is -2.31. The fraction of sp³-hybridized carbons (Fsp3) is 0.571. The lowest BCUT2D eigenvalue weighted by molar-refractivity contribution is 0.113. The Kier molecular flexibility index (Phi) is 3.28. The summed E-state index contributed by atoms with van der Waals surface area (Å²) in [7, 11) is -3.18. The maximum atomic E-state index is 12.1. The number of aliphatic hydroxyl groups is 1. The maximum absolute atomic E-state index is 12.1. The summed E-state index contributed by atoms with van der Waals surface area (Å²) < 4.78 is 24.3. The summed E-state index contributed by atoms with van der Waals surface area (Å²) in [4.78, 5) is 0.442. The van der Waals surface area contributed by atoms with Gasteiger partial charge >= 0.3 is 0 Å². The number of sulfone groups is 1. The Bertz CT molecular complexity index is 540. The standard InChI is InChI=1S/C14H20O3S/c1-14(2,3)12(8-15)11-9-18(16,17)13-7-5-4-6-10(11)13/h4-7,11-12,15H,8-9H2,1-3H3. The Hall–Kier alpha value is -0.870. The molecule has 0 amide bonds. The zero-order valence-electron chi connectivity index (χ0n) is 11.1. The molecule has 0 spiro atoms. The molecule has 1 aromatic rings. The number of hydrogen-bond donors (Lipinski definition) is 1. The van der Waals surface area contributed by atoms with Crippen molar-refractivity contribution in [3.63, 3.8) is 0 Å². The van der Waals surface area contributed by atoms with Crippen LogP contribution in [0.5, 0.6) is 0 Å². The van der Waals surface area contributed by atoms with Gasteiger partial charge in [0, 0.05) is 12.5 Å². The lowest BCUT2D eigenvalue weighted by atomic mass is 9.72. The normalized spacial score (nSPS) is 23.7. The number of hydrogen-bond acceptors (Lipinski definition) is 3. The van der Waals surface area contributed by atoms with Gasteiger partial charge < -0.3 is 5.11 Å². The van der Waals surface area contributed by atoms with Crippen molar-refractivity contribution in [3.05, 3.63) is 29.8 Å². The van der Waals surface area contributed by atoms with Crippen molar-refractivity contribution < 1.29 is 13.5 Å². The maximum Gasteiger partial charge on any atom is 0.179 e. The first-order chi connectivity index (χ1) is 8.27. The molecule has 1 aliphatic heterocycles. The predicted molar refractivity (Wildman–Crippen MR) is 71.3 cm³/mol. The van der Waals surface area contributed by atoms with Gasteiger partial charge in [0.2, 0.25) is 0 Å². The molecule has 1 aromatic carbocycles. The Morgan fingerprint density at radius 3 is 2.50 bits per heavy atom. The second-order valence-electron chi connectivity index (χ2n) is 6.08. The van der Waals surface area contributed by atoms with E-state index in [-0.39, 0.29) is 29.6 Å². The third-order valence-corrected chi connectivity index (χ3v) is 5.69. The van der Waals surface area contributed by atoms with Crippen molar-refractivity contribution in [2.24, 2.45) is 11.3 Å². The Balaban J connectivity index is 2.51. The SMILES string of the molecule is CC(C)(C)C(CO)C1CS(=O)(=O)c2ccccc21. The molecule has 0 aliphatic carbocycles. The van der Waals surface area contributed by atoms with E-state index in [0.717, 1.165) is 5.56 Å². The van der Waals surface area contributed by atoms with E-state index in [1.54, 1.807) is 12.1 Å². The molecular formula is C14H20O3S. The molecule has 2 unspecified atom stereocenters. The Morgan fingerprint density at radius 2 is 1.94 bits per heavy atom. The molecule has 0 saturated carbocycles. The first-order valence-corrected chi connectivity index (χ1v) is 7.85. The van der Waals surface area contributed by atoms with Crippen molar-refractivity contribution in [2.45, 2.75) is 31.6 Å². The van der Waals surface area contributed by atoms with Gasteiger partial charge in [-0.05, 0) is 23.0 Å². The average molecular weight is 268 g/mol. The van der Waals surface area contributed by atoms with Crippen LogP contribution in [0.25, 0.3) is 0 Å². The second-order valence-corrected chi connectivity index (χ2v) is 8.08. The van der Waals surface area contributed by atoms with Gasteiger partial charge in [-0.3, -0.25) is 0 Å². The van der Waals surface area contributed by atoms with Gasteiger partial charge in [-0.2, -0.15) is 0 Å². The van der Waals surface area contributed by atoms with Crippen LogP contribution >= 0.6 is 0 Å². The first-order valence-electron chi connectivity index (χ1n) is 6.20. The molecule has 1 heterocycles. The summed E-state index contributed by atoms with van der Waals surface area (Å²) in [6.45, 7) is 6.14. The zero-order valence-corrected chi connectivity index (χ0v) is 11.9. The van der Waals surface area contributed by atoms with Crippen LogP contribution in [0.2, 0.25) is 0 Å². The van der Waals surface area contributed by atoms with Crippen molar-refractivity contribution in [1.29, 1.82) is 0 Å². The molecule has 4 heteroatoms. The highest BCUT2D eigenvalue weighted by Crippen LogP contribution is 2.45. The molecular weight excluding hydrogens is 248 g/mol. The molecule has 0 aromatic heterocycles. The van der Waals surface area contributed by atoms with Gasteiger partial charge in [0.15, 0.2) is 9.84 Å². The van der Waals surface area contributed by atoms with E-state index in [1.165, 1.54) is 0 Å². The van der Waals surface area contributed by atoms with Crippen molar-refractivity contribution in [2.75, 3.05) is 12.4 Å². The van der Waals surface area contributed by atoms with Gasteiger partial charge in [0.1, 0.15) is 0 Å². The molecule has 1 N–H and O–H groups in total. The molecule has 2 rings (SSSR count). The first kappa shape index (κ1) is 13.6.